The third kappa shape index (κ3) is 3.09. The van der Waals surface area contributed by atoms with E-state index in [2.05, 4.69) is 0 Å². The number of carbonyl (C=O) groups excluding carboxylic acids is 2. The van der Waals surface area contributed by atoms with Gasteiger partial charge in [-0.25, -0.2) is 4.79 Å². The number of amides is 1. The number of thiophene rings is 1. The Morgan fingerprint density at radius 3 is 2.74 bits per heavy atom. The summed E-state index contributed by atoms with van der Waals surface area (Å²) in [6, 6.07) is 8.38. The number of ketones is 1. The van der Waals surface area contributed by atoms with Crippen LogP contribution >= 0.6 is 22.9 Å². The highest BCUT2D eigenvalue weighted by Crippen LogP contribution is 2.44. The van der Waals surface area contributed by atoms with Gasteiger partial charge in [-0.1, -0.05) is 17.7 Å². The van der Waals surface area contributed by atoms with Crippen LogP contribution in [0.25, 0.3) is 0 Å². The molecule has 2 aliphatic rings. The van der Waals surface area contributed by atoms with Gasteiger partial charge in [0.2, 0.25) is 5.91 Å². The average Bonchev–Trinajstić information content (AvgIpc) is 3.16. The first-order valence-electron chi connectivity index (χ1n) is 8.63. The summed E-state index contributed by atoms with van der Waals surface area (Å²) in [4.78, 5) is 39.7. The van der Waals surface area contributed by atoms with Crippen LogP contribution in [0.4, 0.5) is 5.69 Å². The third-order valence-corrected chi connectivity index (χ3v) is 6.32. The van der Waals surface area contributed by atoms with Crippen LogP contribution in [0, 0.1) is 0 Å². The number of carbonyl (C=O) groups is 3. The van der Waals surface area contributed by atoms with Gasteiger partial charge in [0.25, 0.3) is 0 Å². The van der Waals surface area contributed by atoms with Crippen molar-refractivity contribution in [2.24, 2.45) is 0 Å². The van der Waals surface area contributed by atoms with Crippen molar-refractivity contribution in [3.8, 4) is 0 Å². The van der Waals surface area contributed by atoms with E-state index in [1.807, 2.05) is 17.5 Å². The van der Waals surface area contributed by atoms with Gasteiger partial charge in [0.15, 0.2) is 5.78 Å². The van der Waals surface area contributed by atoms with E-state index in [4.69, 9.17) is 11.6 Å². The number of nitrogens with zero attached hydrogens (tertiary/aromatic N) is 1. The first-order valence-corrected chi connectivity index (χ1v) is 9.88. The van der Waals surface area contributed by atoms with Crippen molar-refractivity contribution in [1.82, 2.24) is 0 Å². The van der Waals surface area contributed by atoms with Crippen molar-refractivity contribution >= 4 is 46.3 Å². The van der Waals surface area contributed by atoms with Gasteiger partial charge >= 0.3 is 5.97 Å². The molecule has 1 aliphatic carbocycles. The standard InChI is InChI=1S/C20H16ClNO4S/c21-14-7-6-11(9-12(14)20(25)26)22-15-3-1-4-16(23)19(15)13(10-18(22)24)17-5-2-8-27-17/h2,5-9,13H,1,3-4,10H2,(H,25,26). The summed E-state index contributed by atoms with van der Waals surface area (Å²) in [5.74, 6) is -1.44. The number of anilines is 1. The summed E-state index contributed by atoms with van der Waals surface area (Å²) in [7, 11) is 0. The Morgan fingerprint density at radius 2 is 2.04 bits per heavy atom. The van der Waals surface area contributed by atoms with Gasteiger partial charge in [-0.15, -0.1) is 11.3 Å². The Kier molecular flexibility index (Phi) is 4.61. The maximum atomic E-state index is 13.0. The minimum Gasteiger partial charge on any atom is -0.478 e. The lowest BCUT2D eigenvalue weighted by Crippen LogP contribution is -2.40. The SMILES string of the molecule is O=C1CCCC2=C1C(c1cccs1)CC(=O)N2c1ccc(Cl)c(C(=O)O)c1. The van der Waals surface area contributed by atoms with Gasteiger partial charge in [-0.3, -0.25) is 14.5 Å². The zero-order valence-corrected chi connectivity index (χ0v) is 15.8. The minimum atomic E-state index is -1.16. The second-order valence-corrected chi connectivity index (χ2v) is 7.99. The first kappa shape index (κ1) is 17.9. The molecule has 1 aliphatic heterocycles. The number of Topliss-reactive ketones (excluding diaryl/α,β-unsaturated/α-hetero) is 1. The quantitative estimate of drug-likeness (QED) is 0.813. The molecule has 4 rings (SSSR count). The number of carboxylic acid groups (broad SMARTS) is 1. The van der Waals surface area contributed by atoms with E-state index in [-0.39, 0.29) is 34.6 Å². The van der Waals surface area contributed by atoms with Crippen LogP contribution in [0.1, 0.15) is 46.8 Å². The predicted octanol–water partition coefficient (Wildman–Crippen LogP) is 4.63. The monoisotopic (exact) mass is 401 g/mol. The minimum absolute atomic E-state index is 0.0633. The summed E-state index contributed by atoms with van der Waals surface area (Å²) in [5.41, 5.74) is 1.76. The summed E-state index contributed by atoms with van der Waals surface area (Å²) in [6.07, 6.45) is 1.96. The van der Waals surface area contributed by atoms with E-state index in [0.717, 1.165) is 4.88 Å². The van der Waals surface area contributed by atoms with Crippen LogP contribution in [-0.4, -0.2) is 22.8 Å². The fourth-order valence-electron chi connectivity index (χ4n) is 3.84. The van der Waals surface area contributed by atoms with Crippen molar-refractivity contribution in [1.29, 1.82) is 0 Å². The molecule has 27 heavy (non-hydrogen) atoms. The number of hydrogen-bond acceptors (Lipinski definition) is 4. The van der Waals surface area contributed by atoms with Crippen LogP contribution in [-0.2, 0) is 9.59 Å². The number of allylic oxidation sites excluding steroid dienone is 2. The molecular weight excluding hydrogens is 386 g/mol. The molecule has 5 nitrogen and oxygen atoms in total. The molecule has 0 spiro atoms. The van der Waals surface area contributed by atoms with E-state index in [1.165, 1.54) is 17.0 Å². The number of carboxylic acids is 1. The second-order valence-electron chi connectivity index (χ2n) is 6.61. The van der Waals surface area contributed by atoms with Crippen molar-refractivity contribution in [2.45, 2.75) is 31.6 Å². The Labute approximate surface area is 164 Å². The van der Waals surface area contributed by atoms with E-state index < -0.39 is 5.97 Å². The molecule has 1 aromatic heterocycles. The highest BCUT2D eigenvalue weighted by Gasteiger charge is 2.40. The number of rotatable bonds is 3. The average molecular weight is 402 g/mol. The van der Waals surface area contributed by atoms with E-state index >= 15 is 0 Å². The molecule has 0 radical (unpaired) electrons. The first-order chi connectivity index (χ1) is 13.0. The number of halogens is 1. The fraction of sp³-hybridized carbons (Fsp3) is 0.250. The Balaban J connectivity index is 1.87. The normalized spacial score (nSPS) is 20.0. The maximum Gasteiger partial charge on any atom is 0.337 e. The maximum absolute atomic E-state index is 13.0. The highest BCUT2D eigenvalue weighted by molar-refractivity contribution is 7.10. The molecule has 2 heterocycles. The van der Waals surface area contributed by atoms with Gasteiger partial charge in [-0.2, -0.15) is 0 Å². The Bertz CT molecular complexity index is 980. The van der Waals surface area contributed by atoms with Gasteiger partial charge in [0.1, 0.15) is 0 Å². The van der Waals surface area contributed by atoms with Crippen LogP contribution in [0.3, 0.4) is 0 Å². The molecule has 0 fully saturated rings. The van der Waals surface area contributed by atoms with Gasteiger partial charge in [0.05, 0.1) is 10.6 Å². The number of hydrogen-bond donors (Lipinski definition) is 1. The molecular formula is C20H16ClNO4S. The molecule has 1 amide bonds. The molecule has 1 aromatic carbocycles. The highest BCUT2D eigenvalue weighted by atomic mass is 35.5. The van der Waals surface area contributed by atoms with E-state index in [1.54, 1.807) is 17.4 Å². The molecule has 0 saturated heterocycles. The Morgan fingerprint density at radius 1 is 1.22 bits per heavy atom. The number of benzene rings is 1. The lowest BCUT2D eigenvalue weighted by Gasteiger charge is -2.38. The summed E-state index contributed by atoms with van der Waals surface area (Å²) in [5, 5.41) is 11.4. The number of aromatic carboxylic acids is 1. The summed E-state index contributed by atoms with van der Waals surface area (Å²) < 4.78 is 0. The van der Waals surface area contributed by atoms with Crippen molar-refractivity contribution in [3.05, 3.63) is 62.4 Å². The molecule has 2 aromatic rings. The van der Waals surface area contributed by atoms with Crippen LogP contribution in [0.2, 0.25) is 5.02 Å². The van der Waals surface area contributed by atoms with E-state index in [0.29, 0.717) is 36.2 Å². The molecule has 0 saturated carbocycles. The smallest absolute Gasteiger partial charge is 0.337 e. The molecule has 7 heteroatoms. The van der Waals surface area contributed by atoms with Gasteiger partial charge in [-0.05, 0) is 42.5 Å². The predicted molar refractivity (Wildman–Crippen MR) is 103 cm³/mol. The van der Waals surface area contributed by atoms with Crippen molar-refractivity contribution in [2.75, 3.05) is 4.90 Å². The van der Waals surface area contributed by atoms with Crippen LogP contribution in [0.15, 0.2) is 47.0 Å². The molecule has 1 unspecified atom stereocenters. The van der Waals surface area contributed by atoms with Crippen LogP contribution in [0.5, 0.6) is 0 Å². The zero-order valence-electron chi connectivity index (χ0n) is 14.3. The van der Waals surface area contributed by atoms with Gasteiger partial charge in [0, 0.05) is 40.6 Å². The fourth-order valence-corrected chi connectivity index (χ4v) is 4.88. The van der Waals surface area contributed by atoms with E-state index in [9.17, 15) is 19.5 Å². The Hall–Kier alpha value is -2.44. The second kappa shape index (κ2) is 6.94. The molecule has 138 valence electrons. The molecule has 1 N–H and O–H groups in total. The zero-order chi connectivity index (χ0) is 19.1. The van der Waals surface area contributed by atoms with Gasteiger partial charge < -0.3 is 5.11 Å². The molecule has 1 atom stereocenters. The van der Waals surface area contributed by atoms with Crippen molar-refractivity contribution < 1.29 is 19.5 Å². The topological polar surface area (TPSA) is 74.7 Å². The largest absolute Gasteiger partial charge is 0.478 e. The lowest BCUT2D eigenvalue weighted by atomic mass is 9.79. The van der Waals surface area contributed by atoms with Crippen LogP contribution < -0.4 is 4.90 Å². The third-order valence-electron chi connectivity index (χ3n) is 5.00. The van der Waals surface area contributed by atoms with Crippen molar-refractivity contribution in [3.63, 3.8) is 0 Å². The summed E-state index contributed by atoms with van der Waals surface area (Å²) >= 11 is 7.51. The molecule has 0 bridgehead atoms. The summed E-state index contributed by atoms with van der Waals surface area (Å²) in [6.45, 7) is 0. The lowest BCUT2D eigenvalue weighted by molar-refractivity contribution is -0.119.